The van der Waals surface area contributed by atoms with Crippen molar-refractivity contribution in [1.82, 2.24) is 4.90 Å². The Kier molecular flexibility index (Phi) is 6.01. The molecule has 3 N–H and O–H groups in total. The van der Waals surface area contributed by atoms with Crippen molar-refractivity contribution in [3.63, 3.8) is 0 Å². The first kappa shape index (κ1) is 21.0. The maximum absolute atomic E-state index is 14.1. The molecule has 11 heteroatoms. The van der Waals surface area contributed by atoms with Gasteiger partial charge in [0.15, 0.2) is 11.5 Å². The fourth-order valence-electron chi connectivity index (χ4n) is 3.58. The number of guanidine groups is 2. The van der Waals surface area contributed by atoms with Gasteiger partial charge in [0.1, 0.15) is 5.82 Å². The van der Waals surface area contributed by atoms with Crippen LogP contribution in [0.25, 0.3) is 0 Å². The number of hydrogen-bond acceptors (Lipinski definition) is 9. The van der Waals surface area contributed by atoms with E-state index in [1.807, 2.05) is 29.2 Å². The van der Waals surface area contributed by atoms with Gasteiger partial charge in [0.25, 0.3) is 0 Å². The first-order chi connectivity index (χ1) is 14.7. The zero-order valence-corrected chi connectivity index (χ0v) is 17.3. The lowest BCUT2D eigenvalue weighted by atomic mass is 10.2. The highest BCUT2D eigenvalue weighted by molar-refractivity contribution is 6.06. The van der Waals surface area contributed by atoms with Crippen LogP contribution in [0.15, 0.2) is 52.4 Å². The van der Waals surface area contributed by atoms with Crippen LogP contribution in [-0.4, -0.2) is 56.2 Å². The van der Waals surface area contributed by atoms with Crippen molar-refractivity contribution in [2.24, 2.45) is 15.7 Å². The number of rotatable bonds is 3. The number of benzene rings is 2. The molecule has 1 atom stereocenters. The lowest BCUT2D eigenvalue weighted by Crippen LogP contribution is -2.57. The first-order valence-electron chi connectivity index (χ1n) is 9.63. The summed E-state index contributed by atoms with van der Waals surface area (Å²) in [4.78, 5) is 12.8. The molecule has 9 nitrogen and oxygen atoms in total. The van der Waals surface area contributed by atoms with E-state index in [0.29, 0.717) is 49.4 Å². The van der Waals surface area contributed by atoms with Gasteiger partial charge < -0.3 is 30.2 Å². The molecule has 5 rings (SSSR count). The Hall–Kier alpha value is -3.24. The molecule has 2 aromatic rings. The SMILES string of the molecule is Cl.NC1=NC(Nc2ccc3c(c2)OCO3)N(c2cccc(F)c2)C(N2CCOCC2)=N1. The second kappa shape index (κ2) is 8.86. The van der Waals surface area contributed by atoms with E-state index >= 15 is 0 Å². The minimum Gasteiger partial charge on any atom is -0.454 e. The highest BCUT2D eigenvalue weighted by Crippen LogP contribution is 2.35. The topological polar surface area (TPSA) is 96.9 Å². The minimum absolute atomic E-state index is 0. The van der Waals surface area contributed by atoms with E-state index in [4.69, 9.17) is 19.9 Å². The molecule has 1 saturated heterocycles. The van der Waals surface area contributed by atoms with Crippen molar-refractivity contribution < 1.29 is 18.6 Å². The summed E-state index contributed by atoms with van der Waals surface area (Å²) in [6, 6.07) is 11.8. The maximum atomic E-state index is 14.1. The molecular formula is C20H22ClFN6O3. The number of morpholine rings is 1. The Balaban J connectivity index is 0.00000231. The van der Waals surface area contributed by atoms with Crippen LogP contribution in [0.1, 0.15) is 0 Å². The fourth-order valence-corrected chi connectivity index (χ4v) is 3.58. The van der Waals surface area contributed by atoms with Crippen molar-refractivity contribution in [3.8, 4) is 11.5 Å². The molecule has 164 valence electrons. The minimum atomic E-state index is -0.637. The van der Waals surface area contributed by atoms with E-state index in [1.54, 1.807) is 6.07 Å². The Morgan fingerprint density at radius 2 is 1.87 bits per heavy atom. The molecular weight excluding hydrogens is 427 g/mol. The normalized spacial score (nSPS) is 20.0. The van der Waals surface area contributed by atoms with Crippen LogP contribution in [0.3, 0.4) is 0 Å². The van der Waals surface area contributed by atoms with Crippen LogP contribution in [-0.2, 0) is 4.74 Å². The van der Waals surface area contributed by atoms with Crippen LogP contribution < -0.4 is 25.4 Å². The molecule has 2 aromatic carbocycles. The number of halogens is 2. The Labute approximate surface area is 184 Å². The van der Waals surface area contributed by atoms with E-state index in [1.165, 1.54) is 12.1 Å². The molecule has 1 unspecified atom stereocenters. The Morgan fingerprint density at radius 1 is 1.06 bits per heavy atom. The van der Waals surface area contributed by atoms with Gasteiger partial charge in [-0.2, -0.15) is 4.99 Å². The quantitative estimate of drug-likeness (QED) is 0.742. The zero-order chi connectivity index (χ0) is 20.5. The lowest BCUT2D eigenvalue weighted by molar-refractivity contribution is 0.0671. The number of nitrogens with zero attached hydrogens (tertiary/aromatic N) is 4. The summed E-state index contributed by atoms with van der Waals surface area (Å²) in [5.41, 5.74) is 7.42. The third-order valence-electron chi connectivity index (χ3n) is 4.98. The predicted molar refractivity (Wildman–Crippen MR) is 118 cm³/mol. The van der Waals surface area contributed by atoms with Crippen molar-refractivity contribution in [2.75, 3.05) is 43.3 Å². The molecule has 3 aliphatic rings. The van der Waals surface area contributed by atoms with E-state index in [-0.39, 0.29) is 31.0 Å². The molecule has 0 aromatic heterocycles. The smallest absolute Gasteiger partial charge is 0.231 e. The highest BCUT2D eigenvalue weighted by atomic mass is 35.5. The van der Waals surface area contributed by atoms with Crippen molar-refractivity contribution in [2.45, 2.75) is 6.29 Å². The number of fused-ring (bicyclic) bond motifs is 1. The monoisotopic (exact) mass is 448 g/mol. The van der Waals surface area contributed by atoms with Gasteiger partial charge in [-0.15, -0.1) is 12.4 Å². The molecule has 0 amide bonds. The van der Waals surface area contributed by atoms with Crippen LogP contribution >= 0.6 is 12.4 Å². The predicted octanol–water partition coefficient (Wildman–Crippen LogP) is 2.19. The molecule has 0 spiro atoms. The van der Waals surface area contributed by atoms with Crippen LogP contribution in [0.4, 0.5) is 15.8 Å². The Bertz CT molecular complexity index is 1010. The molecule has 0 saturated carbocycles. The summed E-state index contributed by atoms with van der Waals surface area (Å²) in [5, 5.41) is 3.34. The van der Waals surface area contributed by atoms with Gasteiger partial charge in [-0.1, -0.05) is 6.07 Å². The van der Waals surface area contributed by atoms with Crippen LogP contribution in [0.5, 0.6) is 11.5 Å². The summed E-state index contributed by atoms with van der Waals surface area (Å²) in [6.45, 7) is 2.64. The molecule has 3 aliphatic heterocycles. The summed E-state index contributed by atoms with van der Waals surface area (Å²) in [7, 11) is 0. The van der Waals surface area contributed by atoms with Gasteiger partial charge in [-0.3, -0.25) is 4.90 Å². The summed E-state index contributed by atoms with van der Waals surface area (Å²) < 4.78 is 30.4. The van der Waals surface area contributed by atoms with E-state index in [0.717, 1.165) is 5.69 Å². The highest BCUT2D eigenvalue weighted by Gasteiger charge is 2.32. The largest absolute Gasteiger partial charge is 0.454 e. The molecule has 0 bridgehead atoms. The third-order valence-corrected chi connectivity index (χ3v) is 4.98. The average molecular weight is 449 g/mol. The molecule has 0 radical (unpaired) electrons. The zero-order valence-electron chi connectivity index (χ0n) is 16.5. The number of hydrogen-bond donors (Lipinski definition) is 2. The standard InChI is InChI=1S/C20H21FN6O3.ClH/c21-13-2-1-3-15(10-13)27-19(23-14-4-5-16-17(11-14)30-12-29-16)24-18(22)25-20(27)26-6-8-28-9-7-26;/h1-5,10-11,19,23H,6-9,12H2,(H2,22,24);1H. The lowest BCUT2D eigenvalue weighted by Gasteiger charge is -2.41. The van der Waals surface area contributed by atoms with Crippen LogP contribution in [0, 0.1) is 5.82 Å². The number of nitrogens with one attached hydrogen (secondary N) is 1. The van der Waals surface area contributed by atoms with Gasteiger partial charge in [0, 0.05) is 24.8 Å². The van der Waals surface area contributed by atoms with Gasteiger partial charge in [0.2, 0.25) is 25.0 Å². The summed E-state index contributed by atoms with van der Waals surface area (Å²) in [6.07, 6.45) is -0.637. The number of ether oxygens (including phenoxy) is 3. The third kappa shape index (κ3) is 4.30. The van der Waals surface area contributed by atoms with Crippen molar-refractivity contribution in [1.29, 1.82) is 0 Å². The van der Waals surface area contributed by atoms with Crippen LogP contribution in [0.2, 0.25) is 0 Å². The molecule has 0 aliphatic carbocycles. The van der Waals surface area contributed by atoms with E-state index < -0.39 is 6.29 Å². The second-order valence-electron chi connectivity index (χ2n) is 6.93. The van der Waals surface area contributed by atoms with Gasteiger partial charge in [0.05, 0.1) is 18.9 Å². The Morgan fingerprint density at radius 3 is 2.68 bits per heavy atom. The second-order valence-corrected chi connectivity index (χ2v) is 6.93. The number of aliphatic imine (C=N–C) groups is 2. The van der Waals surface area contributed by atoms with Crippen molar-refractivity contribution in [3.05, 3.63) is 48.3 Å². The first-order valence-corrected chi connectivity index (χ1v) is 9.63. The molecule has 3 heterocycles. The van der Waals surface area contributed by atoms with Crippen molar-refractivity contribution >= 4 is 35.7 Å². The maximum Gasteiger partial charge on any atom is 0.231 e. The molecule has 31 heavy (non-hydrogen) atoms. The fraction of sp³-hybridized carbons (Fsp3) is 0.300. The summed E-state index contributed by atoms with van der Waals surface area (Å²) >= 11 is 0. The van der Waals surface area contributed by atoms with Gasteiger partial charge in [-0.05, 0) is 30.3 Å². The average Bonchev–Trinajstić information content (AvgIpc) is 3.22. The summed E-state index contributed by atoms with van der Waals surface area (Å²) in [5.74, 6) is 1.71. The van der Waals surface area contributed by atoms with Gasteiger partial charge in [-0.25, -0.2) is 9.38 Å². The molecule has 1 fully saturated rings. The van der Waals surface area contributed by atoms with Gasteiger partial charge >= 0.3 is 0 Å². The van der Waals surface area contributed by atoms with E-state index in [2.05, 4.69) is 20.2 Å². The number of nitrogens with two attached hydrogens (primary N) is 1. The number of anilines is 2. The van der Waals surface area contributed by atoms with E-state index in [9.17, 15) is 4.39 Å².